The first-order valence-electron chi connectivity index (χ1n) is 7.74. The van der Waals surface area contributed by atoms with Gasteiger partial charge in [-0.1, -0.05) is 30.3 Å². The van der Waals surface area contributed by atoms with Crippen molar-refractivity contribution in [3.63, 3.8) is 0 Å². The first kappa shape index (κ1) is 19.0. The molecule has 4 N–H and O–H groups in total. The van der Waals surface area contributed by atoms with E-state index < -0.39 is 11.3 Å². The summed E-state index contributed by atoms with van der Waals surface area (Å²) in [5, 5.41) is 5.55. The average Bonchev–Trinajstić information content (AvgIpc) is 2.50. The minimum atomic E-state index is -0.762. The van der Waals surface area contributed by atoms with E-state index in [0.717, 1.165) is 6.42 Å². The summed E-state index contributed by atoms with van der Waals surface area (Å²) in [6.07, 6.45) is 0.848. The van der Waals surface area contributed by atoms with Crippen molar-refractivity contribution in [2.75, 3.05) is 27.2 Å². The van der Waals surface area contributed by atoms with Gasteiger partial charge in [-0.25, -0.2) is 4.79 Å². The van der Waals surface area contributed by atoms with Gasteiger partial charge in [0, 0.05) is 19.1 Å². The zero-order valence-electron chi connectivity index (χ0n) is 14.4. The summed E-state index contributed by atoms with van der Waals surface area (Å²) in [5.74, 6) is -0.437. The molecule has 128 valence electrons. The zero-order chi connectivity index (χ0) is 17.5. The largest absolute Gasteiger partial charge is 0.369 e. The molecule has 0 aliphatic carbocycles. The number of nitrogens with one attached hydrogen (secondary N) is 2. The number of likely N-dealkylation sites (N-methyl/N-ethyl adjacent to an activating group) is 1. The third-order valence-electron chi connectivity index (χ3n) is 3.90. The van der Waals surface area contributed by atoms with Crippen LogP contribution in [0.3, 0.4) is 0 Å². The fourth-order valence-electron chi connectivity index (χ4n) is 1.98. The number of hydrogen-bond donors (Lipinski definition) is 3. The summed E-state index contributed by atoms with van der Waals surface area (Å²) in [4.78, 5) is 25.2. The molecule has 0 spiro atoms. The topological polar surface area (TPSA) is 87.5 Å². The van der Waals surface area contributed by atoms with Crippen LogP contribution in [0.15, 0.2) is 30.3 Å². The maximum absolute atomic E-state index is 11.9. The predicted octanol–water partition coefficient (Wildman–Crippen LogP) is 0.970. The van der Waals surface area contributed by atoms with Crippen molar-refractivity contribution in [1.29, 1.82) is 0 Å². The number of urea groups is 1. The molecule has 3 amide bonds. The summed E-state index contributed by atoms with van der Waals surface area (Å²) in [6, 6.07) is 10.0. The maximum atomic E-state index is 11.9. The number of nitrogens with zero attached hydrogens (tertiary/aromatic N) is 1. The number of amides is 3. The highest BCUT2D eigenvalue weighted by molar-refractivity contribution is 5.81. The molecular weight excluding hydrogens is 292 g/mol. The number of hydrogen-bond acceptors (Lipinski definition) is 3. The number of benzene rings is 1. The molecule has 0 saturated carbocycles. The van der Waals surface area contributed by atoms with Crippen LogP contribution in [0.5, 0.6) is 0 Å². The van der Waals surface area contributed by atoms with E-state index in [9.17, 15) is 9.59 Å². The summed E-state index contributed by atoms with van der Waals surface area (Å²) in [6.45, 7) is 4.13. The van der Waals surface area contributed by atoms with E-state index in [0.29, 0.717) is 6.54 Å². The molecule has 0 bridgehead atoms. The lowest BCUT2D eigenvalue weighted by atomic mass is 9.93. The Kier molecular flexibility index (Phi) is 7.03. The van der Waals surface area contributed by atoms with Crippen molar-refractivity contribution in [3.05, 3.63) is 35.9 Å². The van der Waals surface area contributed by atoms with Crippen molar-refractivity contribution >= 4 is 11.9 Å². The Morgan fingerprint density at radius 1 is 1.17 bits per heavy atom. The summed E-state index contributed by atoms with van der Waals surface area (Å²) < 4.78 is 0. The van der Waals surface area contributed by atoms with Crippen LogP contribution in [0.1, 0.15) is 19.4 Å². The Hall–Kier alpha value is -2.08. The van der Waals surface area contributed by atoms with E-state index >= 15 is 0 Å². The standard InChI is InChI=1S/C17H28N4O2/c1-17(2,15(18)22)12-20-16(23)19-11-14(21(3)4)10-13-8-6-5-7-9-13/h5-9,14H,10-12H2,1-4H3,(H2,18,22)(H2,19,20,23). The number of carbonyl (C=O) groups excluding carboxylic acids is 2. The van der Waals surface area contributed by atoms with Crippen molar-refractivity contribution in [3.8, 4) is 0 Å². The van der Waals surface area contributed by atoms with Crippen LogP contribution in [0.4, 0.5) is 4.79 Å². The van der Waals surface area contributed by atoms with Gasteiger partial charge in [0.2, 0.25) is 5.91 Å². The van der Waals surface area contributed by atoms with Crippen molar-refractivity contribution in [2.24, 2.45) is 11.1 Å². The van der Waals surface area contributed by atoms with Crippen LogP contribution in [-0.4, -0.2) is 50.1 Å². The second-order valence-corrected chi connectivity index (χ2v) is 6.62. The fraction of sp³-hybridized carbons (Fsp3) is 0.529. The molecular formula is C17H28N4O2. The monoisotopic (exact) mass is 320 g/mol. The molecule has 0 radical (unpaired) electrons. The van der Waals surface area contributed by atoms with E-state index in [2.05, 4.69) is 27.7 Å². The molecule has 23 heavy (non-hydrogen) atoms. The van der Waals surface area contributed by atoms with E-state index in [1.807, 2.05) is 32.3 Å². The van der Waals surface area contributed by atoms with E-state index in [1.54, 1.807) is 13.8 Å². The lowest BCUT2D eigenvalue weighted by molar-refractivity contribution is -0.125. The first-order chi connectivity index (χ1) is 10.7. The van der Waals surface area contributed by atoms with Crippen LogP contribution < -0.4 is 16.4 Å². The quantitative estimate of drug-likeness (QED) is 0.667. The molecule has 6 nitrogen and oxygen atoms in total. The summed E-state index contributed by atoms with van der Waals surface area (Å²) in [7, 11) is 3.98. The van der Waals surface area contributed by atoms with Gasteiger partial charge in [0.25, 0.3) is 0 Å². The van der Waals surface area contributed by atoms with Gasteiger partial charge in [-0.15, -0.1) is 0 Å². The van der Waals surface area contributed by atoms with Crippen LogP contribution in [0, 0.1) is 5.41 Å². The number of rotatable bonds is 8. The smallest absolute Gasteiger partial charge is 0.314 e. The Bertz CT molecular complexity index is 515. The molecule has 1 aromatic rings. The highest BCUT2D eigenvalue weighted by atomic mass is 16.2. The Balaban J connectivity index is 2.46. The number of primary amides is 1. The van der Waals surface area contributed by atoms with Gasteiger partial charge in [0.15, 0.2) is 0 Å². The Labute approximate surface area is 138 Å². The highest BCUT2D eigenvalue weighted by Crippen LogP contribution is 2.11. The lowest BCUT2D eigenvalue weighted by Crippen LogP contribution is -2.48. The van der Waals surface area contributed by atoms with Gasteiger partial charge in [-0.05, 0) is 39.9 Å². The molecule has 0 aromatic heterocycles. The Morgan fingerprint density at radius 2 is 1.78 bits per heavy atom. The van der Waals surface area contributed by atoms with Crippen molar-refractivity contribution in [1.82, 2.24) is 15.5 Å². The maximum Gasteiger partial charge on any atom is 0.314 e. The van der Waals surface area contributed by atoms with Crippen LogP contribution >= 0.6 is 0 Å². The fourth-order valence-corrected chi connectivity index (χ4v) is 1.98. The third kappa shape index (κ3) is 6.69. The minimum Gasteiger partial charge on any atom is -0.369 e. The van der Waals surface area contributed by atoms with E-state index in [-0.39, 0.29) is 18.6 Å². The highest BCUT2D eigenvalue weighted by Gasteiger charge is 2.25. The molecule has 1 atom stereocenters. The van der Waals surface area contributed by atoms with Gasteiger partial charge < -0.3 is 21.3 Å². The molecule has 1 rings (SSSR count). The van der Waals surface area contributed by atoms with Gasteiger partial charge in [0.05, 0.1) is 5.41 Å². The van der Waals surface area contributed by atoms with Gasteiger partial charge in [-0.3, -0.25) is 4.79 Å². The number of carbonyl (C=O) groups is 2. The molecule has 1 aromatic carbocycles. The Morgan fingerprint density at radius 3 is 2.30 bits per heavy atom. The summed E-state index contributed by atoms with van der Waals surface area (Å²) in [5.41, 5.74) is 5.75. The molecule has 0 fully saturated rings. The third-order valence-corrected chi connectivity index (χ3v) is 3.90. The van der Waals surface area contributed by atoms with Crippen LogP contribution in [-0.2, 0) is 11.2 Å². The predicted molar refractivity (Wildman–Crippen MR) is 92.0 cm³/mol. The van der Waals surface area contributed by atoms with Crippen LogP contribution in [0.2, 0.25) is 0 Å². The zero-order valence-corrected chi connectivity index (χ0v) is 14.4. The molecule has 6 heteroatoms. The van der Waals surface area contributed by atoms with Gasteiger partial charge >= 0.3 is 6.03 Å². The second-order valence-electron chi connectivity index (χ2n) is 6.62. The van der Waals surface area contributed by atoms with Crippen molar-refractivity contribution < 1.29 is 9.59 Å². The lowest BCUT2D eigenvalue weighted by Gasteiger charge is -2.25. The normalized spacial score (nSPS) is 12.7. The van der Waals surface area contributed by atoms with Crippen molar-refractivity contribution in [2.45, 2.75) is 26.3 Å². The van der Waals surface area contributed by atoms with E-state index in [1.165, 1.54) is 5.56 Å². The van der Waals surface area contributed by atoms with Gasteiger partial charge in [0.1, 0.15) is 0 Å². The van der Waals surface area contributed by atoms with E-state index in [4.69, 9.17) is 5.73 Å². The first-order valence-corrected chi connectivity index (χ1v) is 7.74. The minimum absolute atomic E-state index is 0.187. The molecule has 0 heterocycles. The summed E-state index contributed by atoms with van der Waals surface area (Å²) >= 11 is 0. The molecule has 0 aliphatic heterocycles. The molecule has 1 unspecified atom stereocenters. The molecule has 0 saturated heterocycles. The molecule has 0 aliphatic rings. The second kappa shape index (κ2) is 8.53. The SMILES string of the molecule is CN(C)C(CNC(=O)NCC(C)(C)C(N)=O)Cc1ccccc1. The van der Waals surface area contributed by atoms with Gasteiger partial charge in [-0.2, -0.15) is 0 Å². The van der Waals surface area contributed by atoms with Crippen LogP contribution in [0.25, 0.3) is 0 Å². The average molecular weight is 320 g/mol. The number of nitrogens with two attached hydrogens (primary N) is 1.